The number of benzene rings is 2. The van der Waals surface area contributed by atoms with Crippen molar-refractivity contribution in [3.8, 4) is 0 Å². The van der Waals surface area contributed by atoms with Crippen LogP contribution in [0.2, 0.25) is 0 Å². The Bertz CT molecular complexity index is 634. The number of nitrogens with two attached hydrogens (primary N) is 1. The molecule has 0 aliphatic carbocycles. The molecular formula is C14H14Br2F6NP. The molecule has 24 heavy (non-hydrogen) atoms. The first-order valence-corrected chi connectivity index (χ1v) is 10.2. The summed E-state index contributed by atoms with van der Waals surface area (Å²) in [6, 6.07) is 16.9. The zero-order valence-corrected chi connectivity index (χ0v) is 16.1. The zero-order chi connectivity index (χ0) is 18.5. The second-order valence-corrected chi connectivity index (χ2v) is 8.66. The third kappa shape index (κ3) is 13.8. The van der Waals surface area contributed by atoms with Gasteiger partial charge in [-0.25, -0.2) is 0 Å². The molecule has 0 saturated carbocycles. The van der Waals surface area contributed by atoms with Gasteiger partial charge in [-0.2, -0.15) is 0 Å². The van der Waals surface area contributed by atoms with Gasteiger partial charge in [0.2, 0.25) is 0 Å². The van der Waals surface area contributed by atoms with Gasteiger partial charge in [-0.1, -0.05) is 56.1 Å². The maximum absolute atomic E-state index is 10.7. The van der Waals surface area contributed by atoms with Crippen molar-refractivity contribution in [2.24, 2.45) is 0 Å². The summed E-state index contributed by atoms with van der Waals surface area (Å²) in [7, 11) is -10.7. The van der Waals surface area contributed by atoms with Gasteiger partial charge in [0.15, 0.2) is 0 Å². The second kappa shape index (κ2) is 7.32. The summed E-state index contributed by atoms with van der Waals surface area (Å²) in [5.74, 6) is 0. The van der Waals surface area contributed by atoms with Crippen molar-refractivity contribution in [2.75, 3.05) is 0 Å². The molecular weight excluding hydrogens is 487 g/mol. The Labute approximate surface area is 151 Å². The van der Waals surface area contributed by atoms with E-state index in [1.54, 1.807) is 0 Å². The van der Waals surface area contributed by atoms with Gasteiger partial charge in [0.05, 0.1) is 0 Å². The Balaban J connectivity index is 0.000000351. The summed E-state index contributed by atoms with van der Waals surface area (Å²) in [6.45, 7) is 2.01. The molecule has 2 N–H and O–H groups in total. The van der Waals surface area contributed by atoms with E-state index < -0.39 is 7.81 Å². The van der Waals surface area contributed by atoms with Gasteiger partial charge in [-0.3, -0.25) is 0 Å². The topological polar surface area (TPSA) is 16.6 Å². The number of halogens is 8. The Morgan fingerprint density at radius 2 is 1.04 bits per heavy atom. The molecule has 1 nitrogen and oxygen atoms in total. The molecule has 0 bridgehead atoms. The van der Waals surface area contributed by atoms with Gasteiger partial charge < -0.3 is 5.32 Å². The van der Waals surface area contributed by atoms with E-state index >= 15 is 0 Å². The Hall–Kier alpha value is -0.630. The first-order chi connectivity index (χ1) is 10.7. The van der Waals surface area contributed by atoms with Crippen LogP contribution in [0.4, 0.5) is 25.2 Å². The van der Waals surface area contributed by atoms with Crippen molar-refractivity contribution in [3.63, 3.8) is 0 Å². The number of quaternary nitrogens is 1. The first kappa shape index (κ1) is 21.4. The molecule has 0 unspecified atom stereocenters. The van der Waals surface area contributed by atoms with Crippen molar-refractivity contribution >= 4 is 39.7 Å². The van der Waals surface area contributed by atoms with Crippen molar-refractivity contribution in [1.82, 2.24) is 0 Å². The SMILES string of the molecule is Brc1cccc(C[NH2+]Cc2cccc(Br)c2)c1.F[P-](F)(F)(F)(F)F. The molecule has 0 atom stereocenters. The van der Waals surface area contributed by atoms with Crippen molar-refractivity contribution in [1.29, 1.82) is 0 Å². The van der Waals surface area contributed by atoms with Gasteiger partial charge in [-0.15, -0.1) is 0 Å². The molecule has 2 aromatic carbocycles. The van der Waals surface area contributed by atoms with E-state index in [2.05, 4.69) is 85.7 Å². The molecule has 136 valence electrons. The van der Waals surface area contributed by atoms with Gasteiger partial charge >= 0.3 is 33.0 Å². The predicted molar refractivity (Wildman–Crippen MR) is 91.2 cm³/mol. The van der Waals surface area contributed by atoms with Crippen LogP contribution in [0.25, 0.3) is 0 Å². The molecule has 0 radical (unpaired) electrons. The molecule has 0 aliphatic rings. The minimum atomic E-state index is -10.7. The predicted octanol–water partition coefficient (Wildman–Crippen LogP) is 6.86. The zero-order valence-electron chi connectivity index (χ0n) is 12.1. The second-order valence-electron chi connectivity index (χ2n) is 4.92. The summed E-state index contributed by atoms with van der Waals surface area (Å²) in [4.78, 5) is 0. The summed E-state index contributed by atoms with van der Waals surface area (Å²) in [5.41, 5.74) is 2.68. The minimum absolute atomic E-state index is 1.01. The summed E-state index contributed by atoms with van der Waals surface area (Å²) in [5, 5.41) is 2.31. The van der Waals surface area contributed by atoms with Crippen LogP contribution >= 0.6 is 39.7 Å². The fourth-order valence-electron chi connectivity index (χ4n) is 1.73. The van der Waals surface area contributed by atoms with Crippen LogP contribution in [0, 0.1) is 0 Å². The van der Waals surface area contributed by atoms with E-state index in [1.807, 2.05) is 0 Å². The molecule has 0 heterocycles. The van der Waals surface area contributed by atoms with E-state index in [4.69, 9.17) is 0 Å². The third-order valence-corrected chi connectivity index (χ3v) is 3.52. The van der Waals surface area contributed by atoms with E-state index in [-0.39, 0.29) is 0 Å². The Morgan fingerprint density at radius 1 is 0.708 bits per heavy atom. The van der Waals surface area contributed by atoms with Crippen LogP contribution < -0.4 is 5.32 Å². The van der Waals surface area contributed by atoms with Gasteiger partial charge in [0, 0.05) is 20.1 Å². The van der Waals surface area contributed by atoms with E-state index in [1.165, 1.54) is 11.1 Å². The summed E-state index contributed by atoms with van der Waals surface area (Å²) >= 11 is 6.98. The van der Waals surface area contributed by atoms with Crippen LogP contribution in [0.5, 0.6) is 0 Å². The summed E-state index contributed by atoms with van der Waals surface area (Å²) in [6.07, 6.45) is 0. The molecule has 0 spiro atoms. The fourth-order valence-corrected chi connectivity index (χ4v) is 2.63. The third-order valence-electron chi connectivity index (χ3n) is 2.54. The van der Waals surface area contributed by atoms with Crippen LogP contribution in [0.15, 0.2) is 57.5 Å². The average molecular weight is 501 g/mol. The number of hydrogen-bond donors (Lipinski definition) is 1. The fraction of sp³-hybridized carbons (Fsp3) is 0.143. The standard InChI is InChI=1S/C14H13Br2N.F6P/c15-13-5-1-3-11(7-13)9-17-10-12-4-2-6-14(16)8-12;1-7(2,3,4,5)6/h1-8,17H,9-10H2;/q;-1/p+1. The molecule has 0 aliphatic heterocycles. The van der Waals surface area contributed by atoms with Gasteiger partial charge in [0.25, 0.3) is 0 Å². The average Bonchev–Trinajstić information content (AvgIpc) is 2.35. The Kier molecular flexibility index (Phi) is 6.53. The van der Waals surface area contributed by atoms with Gasteiger partial charge in [-0.05, 0) is 24.3 Å². The normalized spacial score (nSPS) is 14.2. The molecule has 2 aromatic rings. The maximum atomic E-state index is 9.87. The molecule has 10 heteroatoms. The number of rotatable bonds is 4. The monoisotopic (exact) mass is 499 g/mol. The van der Waals surface area contributed by atoms with Crippen LogP contribution in [-0.2, 0) is 13.1 Å². The van der Waals surface area contributed by atoms with Crippen molar-refractivity contribution < 1.29 is 30.5 Å². The van der Waals surface area contributed by atoms with E-state index in [0.717, 1.165) is 22.0 Å². The van der Waals surface area contributed by atoms with Crippen LogP contribution in [-0.4, -0.2) is 0 Å². The molecule has 0 amide bonds. The first-order valence-electron chi connectivity index (χ1n) is 6.56. The molecule has 0 aromatic heterocycles. The summed E-state index contributed by atoms with van der Waals surface area (Å²) < 4.78 is 61.5. The molecule has 2 rings (SSSR count). The van der Waals surface area contributed by atoms with Crippen molar-refractivity contribution in [2.45, 2.75) is 13.1 Å². The van der Waals surface area contributed by atoms with E-state index in [0.29, 0.717) is 0 Å². The van der Waals surface area contributed by atoms with Crippen LogP contribution in [0.3, 0.4) is 0 Å². The quantitative estimate of drug-likeness (QED) is 0.349. The van der Waals surface area contributed by atoms with E-state index in [9.17, 15) is 25.2 Å². The van der Waals surface area contributed by atoms with Crippen molar-refractivity contribution in [3.05, 3.63) is 68.6 Å². The van der Waals surface area contributed by atoms with Gasteiger partial charge in [0.1, 0.15) is 13.1 Å². The Morgan fingerprint density at radius 3 is 1.33 bits per heavy atom. The number of hydrogen-bond acceptors (Lipinski definition) is 0. The van der Waals surface area contributed by atoms with Crippen LogP contribution in [0.1, 0.15) is 11.1 Å². The molecule has 0 fully saturated rings. The molecule has 0 saturated heterocycles.